The quantitative estimate of drug-likeness (QED) is 0.676. The zero-order chi connectivity index (χ0) is 15.1. The van der Waals surface area contributed by atoms with Crippen molar-refractivity contribution in [2.45, 2.75) is 0 Å². The molecule has 0 saturated carbocycles. The van der Waals surface area contributed by atoms with Crippen LogP contribution in [0, 0.1) is 0 Å². The molecule has 0 fully saturated rings. The van der Waals surface area contributed by atoms with E-state index in [0.717, 1.165) is 5.56 Å². The fourth-order valence-electron chi connectivity index (χ4n) is 1.49. The maximum absolute atomic E-state index is 11.6. The molecule has 0 bridgehead atoms. The second-order valence-electron chi connectivity index (χ2n) is 4.07. The number of nitrogens with zero attached hydrogens (tertiary/aromatic N) is 1. The maximum atomic E-state index is 11.6. The van der Waals surface area contributed by atoms with Crippen LogP contribution in [-0.2, 0) is 4.79 Å². The lowest BCUT2D eigenvalue weighted by atomic mass is 10.2. The Labute approximate surface area is 132 Å². The predicted octanol–water partition coefficient (Wildman–Crippen LogP) is 3.52. The highest BCUT2D eigenvalue weighted by Gasteiger charge is 2.05. The van der Waals surface area contributed by atoms with Crippen LogP contribution in [0.15, 0.2) is 53.6 Å². The summed E-state index contributed by atoms with van der Waals surface area (Å²) in [5, 5.41) is 4.69. The van der Waals surface area contributed by atoms with Gasteiger partial charge in [-0.25, -0.2) is 5.43 Å². The number of carbonyl (C=O) groups is 1. The largest absolute Gasteiger partial charge is 0.482 e. The number of nitrogens with one attached hydrogen (secondary N) is 1. The molecule has 0 heterocycles. The molecule has 2 aromatic rings. The van der Waals surface area contributed by atoms with Gasteiger partial charge in [0.25, 0.3) is 5.91 Å². The van der Waals surface area contributed by atoms with Crippen LogP contribution in [0.1, 0.15) is 5.56 Å². The molecule has 2 rings (SSSR count). The number of hydrogen-bond acceptors (Lipinski definition) is 3. The van der Waals surface area contributed by atoms with E-state index in [-0.39, 0.29) is 12.5 Å². The van der Waals surface area contributed by atoms with Crippen molar-refractivity contribution in [1.82, 2.24) is 5.43 Å². The lowest BCUT2D eigenvalue weighted by molar-refractivity contribution is -0.123. The Morgan fingerprint density at radius 2 is 1.95 bits per heavy atom. The van der Waals surface area contributed by atoms with Crippen LogP contribution in [-0.4, -0.2) is 18.7 Å². The standard InChI is InChI=1S/C15H12Cl2N2O2/c16-12-6-7-14(13(17)8-12)21-10-15(20)19-18-9-11-4-2-1-3-5-11/h1-9H,10H2,(H,19,20)/b18-9+. The Morgan fingerprint density at radius 3 is 2.67 bits per heavy atom. The zero-order valence-electron chi connectivity index (χ0n) is 10.9. The number of halogens is 2. The topological polar surface area (TPSA) is 50.7 Å². The number of carbonyl (C=O) groups excluding carboxylic acids is 1. The molecule has 1 N–H and O–H groups in total. The van der Waals surface area contributed by atoms with Gasteiger partial charge in [-0.2, -0.15) is 5.10 Å². The van der Waals surface area contributed by atoms with Gasteiger partial charge in [0.1, 0.15) is 5.75 Å². The van der Waals surface area contributed by atoms with Crippen molar-refractivity contribution in [3.8, 4) is 5.75 Å². The molecule has 0 aliphatic rings. The molecule has 21 heavy (non-hydrogen) atoms. The SMILES string of the molecule is O=C(COc1ccc(Cl)cc1Cl)N/N=C/c1ccccc1. The van der Waals surface area contributed by atoms with Gasteiger partial charge >= 0.3 is 0 Å². The summed E-state index contributed by atoms with van der Waals surface area (Å²) in [6.07, 6.45) is 1.55. The molecular formula is C15H12Cl2N2O2. The third kappa shape index (κ3) is 5.10. The first kappa shape index (κ1) is 15.4. The molecular weight excluding hydrogens is 311 g/mol. The average Bonchev–Trinajstić information content (AvgIpc) is 2.47. The van der Waals surface area contributed by atoms with Crippen molar-refractivity contribution in [2.75, 3.05) is 6.61 Å². The van der Waals surface area contributed by atoms with Gasteiger partial charge < -0.3 is 4.74 Å². The van der Waals surface area contributed by atoms with Crippen LogP contribution >= 0.6 is 23.2 Å². The smallest absolute Gasteiger partial charge is 0.277 e. The van der Waals surface area contributed by atoms with Gasteiger partial charge in [-0.1, -0.05) is 53.5 Å². The summed E-state index contributed by atoms with van der Waals surface area (Å²) in [5.41, 5.74) is 3.26. The molecule has 0 spiro atoms. The van der Waals surface area contributed by atoms with E-state index >= 15 is 0 Å². The minimum absolute atomic E-state index is 0.187. The van der Waals surface area contributed by atoms with Crippen LogP contribution in [0.25, 0.3) is 0 Å². The number of amides is 1. The summed E-state index contributed by atoms with van der Waals surface area (Å²) >= 11 is 11.7. The highest BCUT2D eigenvalue weighted by Crippen LogP contribution is 2.27. The molecule has 1 amide bonds. The van der Waals surface area contributed by atoms with Crippen molar-refractivity contribution in [3.05, 3.63) is 64.1 Å². The molecule has 6 heteroatoms. The number of benzene rings is 2. The van der Waals surface area contributed by atoms with Crippen molar-refractivity contribution in [3.63, 3.8) is 0 Å². The first-order chi connectivity index (χ1) is 10.1. The van der Waals surface area contributed by atoms with Gasteiger partial charge in [-0.05, 0) is 23.8 Å². The fraction of sp³-hybridized carbons (Fsp3) is 0.0667. The summed E-state index contributed by atoms with van der Waals surface area (Å²) in [7, 11) is 0. The van der Waals surface area contributed by atoms with E-state index in [1.165, 1.54) is 0 Å². The minimum Gasteiger partial charge on any atom is -0.482 e. The monoisotopic (exact) mass is 322 g/mol. The zero-order valence-corrected chi connectivity index (χ0v) is 12.4. The normalized spacial score (nSPS) is 10.6. The number of hydrogen-bond donors (Lipinski definition) is 1. The maximum Gasteiger partial charge on any atom is 0.277 e. The van der Waals surface area contributed by atoms with Crippen LogP contribution in [0.4, 0.5) is 0 Å². The Hall–Kier alpha value is -2.04. The van der Waals surface area contributed by atoms with E-state index in [1.54, 1.807) is 24.4 Å². The van der Waals surface area contributed by atoms with Crippen LogP contribution in [0.5, 0.6) is 5.75 Å². The molecule has 0 atom stereocenters. The molecule has 0 aliphatic carbocycles. The molecule has 0 aliphatic heterocycles. The van der Waals surface area contributed by atoms with Crippen molar-refractivity contribution in [2.24, 2.45) is 5.10 Å². The second-order valence-corrected chi connectivity index (χ2v) is 4.91. The molecule has 108 valence electrons. The number of ether oxygens (including phenoxy) is 1. The minimum atomic E-state index is -0.381. The second kappa shape index (κ2) is 7.67. The van der Waals surface area contributed by atoms with Gasteiger partial charge in [-0.15, -0.1) is 0 Å². The van der Waals surface area contributed by atoms with Gasteiger partial charge in [-0.3, -0.25) is 4.79 Å². The summed E-state index contributed by atoms with van der Waals surface area (Å²) in [6.45, 7) is -0.187. The first-order valence-electron chi connectivity index (χ1n) is 6.10. The van der Waals surface area contributed by atoms with E-state index in [4.69, 9.17) is 27.9 Å². The van der Waals surface area contributed by atoms with Gasteiger partial charge in [0.2, 0.25) is 0 Å². The van der Waals surface area contributed by atoms with E-state index in [2.05, 4.69) is 10.5 Å². The Kier molecular flexibility index (Phi) is 5.60. The lowest BCUT2D eigenvalue weighted by Crippen LogP contribution is -2.24. The summed E-state index contributed by atoms with van der Waals surface area (Å²) in [6, 6.07) is 14.2. The molecule has 0 unspecified atom stereocenters. The van der Waals surface area contributed by atoms with Gasteiger partial charge in [0.15, 0.2) is 6.61 Å². The molecule has 4 nitrogen and oxygen atoms in total. The van der Waals surface area contributed by atoms with Crippen molar-refractivity contribution < 1.29 is 9.53 Å². The van der Waals surface area contributed by atoms with E-state index in [1.807, 2.05) is 30.3 Å². The molecule has 0 radical (unpaired) electrons. The predicted molar refractivity (Wildman–Crippen MR) is 84.1 cm³/mol. The summed E-state index contributed by atoms with van der Waals surface area (Å²) in [4.78, 5) is 11.6. The first-order valence-corrected chi connectivity index (χ1v) is 6.85. The number of rotatable bonds is 5. The van der Waals surface area contributed by atoms with Gasteiger partial charge in [0.05, 0.1) is 11.2 Å². The van der Waals surface area contributed by atoms with Crippen LogP contribution in [0.2, 0.25) is 10.0 Å². The highest BCUT2D eigenvalue weighted by molar-refractivity contribution is 6.35. The van der Waals surface area contributed by atoms with Crippen LogP contribution < -0.4 is 10.2 Å². The molecule has 0 saturated heterocycles. The Morgan fingerprint density at radius 1 is 1.19 bits per heavy atom. The number of hydrazone groups is 1. The van der Waals surface area contributed by atoms with E-state index in [9.17, 15) is 4.79 Å². The molecule has 0 aromatic heterocycles. The fourth-order valence-corrected chi connectivity index (χ4v) is 1.95. The molecule has 2 aromatic carbocycles. The Balaban J connectivity index is 1.81. The van der Waals surface area contributed by atoms with Crippen molar-refractivity contribution in [1.29, 1.82) is 0 Å². The van der Waals surface area contributed by atoms with Crippen molar-refractivity contribution >= 4 is 35.3 Å². The van der Waals surface area contributed by atoms with E-state index in [0.29, 0.717) is 15.8 Å². The van der Waals surface area contributed by atoms with E-state index < -0.39 is 0 Å². The third-order valence-electron chi connectivity index (χ3n) is 2.46. The Bertz CT molecular complexity index is 645. The highest BCUT2D eigenvalue weighted by atomic mass is 35.5. The lowest BCUT2D eigenvalue weighted by Gasteiger charge is -2.06. The third-order valence-corrected chi connectivity index (χ3v) is 2.99. The average molecular weight is 323 g/mol. The van der Waals surface area contributed by atoms with Gasteiger partial charge in [0, 0.05) is 5.02 Å². The summed E-state index contributed by atoms with van der Waals surface area (Å²) < 4.78 is 5.28. The summed E-state index contributed by atoms with van der Waals surface area (Å²) in [5.74, 6) is 0.0106. The van der Waals surface area contributed by atoms with Crippen LogP contribution in [0.3, 0.4) is 0 Å².